The molecule has 0 saturated carbocycles. The van der Waals surface area contributed by atoms with Gasteiger partial charge in [0.15, 0.2) is 4.33 Å². The first kappa shape index (κ1) is 14.6. The zero-order chi connectivity index (χ0) is 11.6. The maximum absolute atomic E-state index is 11.4. The largest absolute Gasteiger partial charge is 0.464 e. The fourth-order valence-corrected chi connectivity index (χ4v) is 1.42. The van der Waals surface area contributed by atoms with Gasteiger partial charge in [0.2, 0.25) is 4.33 Å². The van der Waals surface area contributed by atoms with E-state index >= 15 is 0 Å². The van der Waals surface area contributed by atoms with E-state index in [0.29, 0.717) is 0 Å². The Morgan fingerprint density at radius 2 is 1.71 bits per heavy atom. The molecule has 0 unspecified atom stereocenters. The highest BCUT2D eigenvalue weighted by Gasteiger charge is 2.56. The van der Waals surface area contributed by atoms with E-state index in [1.165, 1.54) is 0 Å². The smallest absolute Gasteiger partial charge is 0.345 e. The van der Waals surface area contributed by atoms with Crippen LogP contribution in [0.3, 0.4) is 0 Å². The number of hydrogen-bond donors (Lipinski definition) is 0. The van der Waals surface area contributed by atoms with Crippen LogP contribution in [-0.2, 0) is 9.53 Å². The zero-order valence-corrected chi connectivity index (χ0v) is 11.1. The van der Waals surface area contributed by atoms with Gasteiger partial charge >= 0.3 is 5.97 Å². The molecule has 6 heteroatoms. The minimum absolute atomic E-state index is 0.169. The van der Waals surface area contributed by atoms with Crippen LogP contribution in [-0.4, -0.2) is 21.2 Å². The second-order valence-corrected chi connectivity index (χ2v) is 5.79. The first-order valence-corrected chi connectivity index (χ1v) is 5.62. The van der Waals surface area contributed by atoms with Crippen molar-refractivity contribution in [2.24, 2.45) is 5.92 Å². The monoisotopic (exact) mass is 280 g/mol. The molecule has 0 heterocycles. The van der Waals surface area contributed by atoms with Gasteiger partial charge in [0.1, 0.15) is 0 Å². The summed E-state index contributed by atoms with van der Waals surface area (Å²) >= 11 is 23.3. The van der Waals surface area contributed by atoms with Crippen molar-refractivity contribution in [3.8, 4) is 0 Å². The van der Waals surface area contributed by atoms with Crippen LogP contribution in [0.2, 0.25) is 0 Å². The molecule has 0 saturated heterocycles. The molecule has 0 fully saturated rings. The third-order valence-electron chi connectivity index (χ3n) is 1.68. The summed E-state index contributed by atoms with van der Waals surface area (Å²) in [4.78, 5) is 11.4. The topological polar surface area (TPSA) is 26.3 Å². The summed E-state index contributed by atoms with van der Waals surface area (Å²) in [6.45, 7) is 5.22. The molecule has 2 nitrogen and oxygen atoms in total. The molecule has 0 radical (unpaired) electrons. The van der Waals surface area contributed by atoms with E-state index in [1.807, 2.05) is 0 Å². The highest BCUT2D eigenvalue weighted by molar-refractivity contribution is 6.68. The van der Waals surface area contributed by atoms with E-state index in [2.05, 4.69) is 4.74 Å². The second-order valence-electron chi connectivity index (χ2n) is 3.07. The van der Waals surface area contributed by atoms with Crippen LogP contribution in [0.15, 0.2) is 0 Å². The standard InChI is InChI=1S/C8H12Cl4O2/c1-4-14-6(13)8(11,12)7(9,10)5(2)3/h5H,4H2,1-3H3. The Morgan fingerprint density at radius 3 is 2.00 bits per heavy atom. The Balaban J connectivity index is 4.84. The lowest BCUT2D eigenvalue weighted by atomic mass is 10.1. The Morgan fingerprint density at radius 1 is 1.29 bits per heavy atom. The van der Waals surface area contributed by atoms with Gasteiger partial charge in [-0.15, -0.1) is 0 Å². The number of carbonyl (C=O) groups excluding carboxylic acids is 1. The molecule has 0 aliphatic heterocycles. The summed E-state index contributed by atoms with van der Waals surface area (Å²) in [5.74, 6) is -1.12. The maximum atomic E-state index is 11.4. The summed E-state index contributed by atoms with van der Waals surface area (Å²) in [6.07, 6.45) is 0. The van der Waals surface area contributed by atoms with Crippen molar-refractivity contribution in [1.29, 1.82) is 0 Å². The summed E-state index contributed by atoms with van der Waals surface area (Å²) in [5, 5.41) is 0. The van der Waals surface area contributed by atoms with E-state index in [1.54, 1.807) is 20.8 Å². The predicted molar refractivity (Wildman–Crippen MR) is 60.3 cm³/mol. The molecular weight excluding hydrogens is 270 g/mol. The zero-order valence-electron chi connectivity index (χ0n) is 8.11. The van der Waals surface area contributed by atoms with Crippen molar-refractivity contribution in [2.45, 2.75) is 29.4 Å². The Labute approximate surface area is 104 Å². The molecule has 0 aliphatic carbocycles. The molecule has 0 amide bonds. The summed E-state index contributed by atoms with van der Waals surface area (Å²) in [7, 11) is 0. The number of carbonyl (C=O) groups is 1. The van der Waals surface area contributed by atoms with Crippen molar-refractivity contribution < 1.29 is 9.53 Å². The molecule has 0 aromatic rings. The highest BCUT2D eigenvalue weighted by atomic mass is 35.5. The number of esters is 1. The molecule has 0 atom stereocenters. The maximum Gasteiger partial charge on any atom is 0.345 e. The first-order chi connectivity index (χ1) is 6.17. The van der Waals surface area contributed by atoms with Gasteiger partial charge in [0.05, 0.1) is 6.61 Å². The van der Waals surface area contributed by atoms with E-state index in [0.717, 1.165) is 0 Å². The fraction of sp³-hybridized carbons (Fsp3) is 0.875. The van der Waals surface area contributed by atoms with E-state index < -0.39 is 14.6 Å². The molecule has 0 bridgehead atoms. The normalized spacial score (nSPS) is 13.1. The van der Waals surface area contributed by atoms with Gasteiger partial charge in [0.25, 0.3) is 0 Å². The Bertz CT molecular complexity index is 213. The van der Waals surface area contributed by atoms with Crippen LogP contribution in [0.4, 0.5) is 0 Å². The molecule has 84 valence electrons. The molecule has 0 aromatic carbocycles. The first-order valence-electron chi connectivity index (χ1n) is 4.10. The van der Waals surface area contributed by atoms with Crippen molar-refractivity contribution in [2.75, 3.05) is 6.61 Å². The van der Waals surface area contributed by atoms with Crippen molar-refractivity contribution in [1.82, 2.24) is 0 Å². The Hall–Kier alpha value is 0.630. The lowest BCUT2D eigenvalue weighted by Crippen LogP contribution is -2.47. The summed E-state index contributed by atoms with van der Waals surface area (Å²) in [6, 6.07) is 0. The fourth-order valence-electron chi connectivity index (χ4n) is 0.720. The van der Waals surface area contributed by atoms with Crippen molar-refractivity contribution >= 4 is 52.4 Å². The molecule has 0 spiro atoms. The Kier molecular flexibility index (Phi) is 5.34. The molecule has 0 N–H and O–H groups in total. The molecular formula is C8H12Cl4O2. The number of hydrogen-bond acceptors (Lipinski definition) is 2. The molecule has 0 aliphatic rings. The van der Waals surface area contributed by atoms with Gasteiger partial charge in [-0.2, -0.15) is 0 Å². The minimum atomic E-state index is -1.96. The predicted octanol–water partition coefficient (Wildman–Crippen LogP) is 3.55. The van der Waals surface area contributed by atoms with Crippen LogP contribution < -0.4 is 0 Å². The second kappa shape index (κ2) is 5.11. The molecule has 14 heavy (non-hydrogen) atoms. The summed E-state index contributed by atoms with van der Waals surface area (Å²) < 4.78 is 1.13. The van der Waals surface area contributed by atoms with Crippen molar-refractivity contribution in [3.05, 3.63) is 0 Å². The quantitative estimate of drug-likeness (QED) is 0.582. The highest BCUT2D eigenvalue weighted by Crippen LogP contribution is 2.48. The number of ether oxygens (including phenoxy) is 1. The third-order valence-corrected chi connectivity index (χ3v) is 4.41. The van der Waals surface area contributed by atoms with Crippen LogP contribution in [0.1, 0.15) is 20.8 Å². The van der Waals surface area contributed by atoms with Gasteiger partial charge in [-0.25, -0.2) is 4.79 Å². The van der Waals surface area contributed by atoms with Crippen LogP contribution in [0.25, 0.3) is 0 Å². The molecule has 0 rings (SSSR count). The number of alkyl halides is 4. The lowest BCUT2D eigenvalue weighted by molar-refractivity contribution is -0.144. The molecule has 0 aromatic heterocycles. The van der Waals surface area contributed by atoms with E-state index in [9.17, 15) is 4.79 Å². The van der Waals surface area contributed by atoms with Gasteiger partial charge < -0.3 is 4.74 Å². The van der Waals surface area contributed by atoms with Crippen molar-refractivity contribution in [3.63, 3.8) is 0 Å². The van der Waals surface area contributed by atoms with Gasteiger partial charge in [-0.05, 0) is 12.8 Å². The van der Waals surface area contributed by atoms with Crippen LogP contribution in [0.5, 0.6) is 0 Å². The minimum Gasteiger partial charge on any atom is -0.464 e. The van der Waals surface area contributed by atoms with Gasteiger partial charge in [-0.1, -0.05) is 60.3 Å². The lowest BCUT2D eigenvalue weighted by Gasteiger charge is -2.33. The van der Waals surface area contributed by atoms with Gasteiger partial charge in [-0.3, -0.25) is 0 Å². The number of halogens is 4. The van der Waals surface area contributed by atoms with E-state index in [4.69, 9.17) is 46.4 Å². The average molecular weight is 282 g/mol. The van der Waals surface area contributed by atoms with Crippen LogP contribution >= 0.6 is 46.4 Å². The third kappa shape index (κ3) is 2.82. The van der Waals surface area contributed by atoms with Gasteiger partial charge in [0, 0.05) is 0 Å². The van der Waals surface area contributed by atoms with E-state index in [-0.39, 0.29) is 12.5 Å². The van der Waals surface area contributed by atoms with Crippen LogP contribution in [0, 0.1) is 5.92 Å². The SMILES string of the molecule is CCOC(=O)C(Cl)(Cl)C(Cl)(Cl)C(C)C. The average Bonchev–Trinajstić information content (AvgIpc) is 2.04. The number of rotatable bonds is 4. The summed E-state index contributed by atoms with van der Waals surface area (Å²) in [5.41, 5.74) is 0.